The Balaban J connectivity index is 2.85. The molecule has 14 heteroatoms. The highest BCUT2D eigenvalue weighted by molar-refractivity contribution is 5.97. The molecule has 0 aliphatic rings. The van der Waals surface area contributed by atoms with Crippen LogP contribution in [0.1, 0.15) is 72.3 Å². The maximum absolute atomic E-state index is 13.4. The van der Waals surface area contributed by atoms with Gasteiger partial charge in [0.1, 0.15) is 12.4 Å². The number of nitrogens with one attached hydrogen (secondary N) is 3. The summed E-state index contributed by atoms with van der Waals surface area (Å²) in [6.07, 6.45) is -0.0412. The molecule has 0 bridgehead atoms. The largest absolute Gasteiger partial charge is 0.445 e. The highest BCUT2D eigenvalue weighted by Crippen LogP contribution is 2.20. The SMILES string of the molecule is CC(C)[C@H](NC(=O)CCC(=O)CN)C(=O)C[C@@H](CCCNC(N)=O)C(=O)Nc1ccc(COC(=O)N(C)CCN(C)C(C)(C)C)cc1. The number of ether oxygens (including phenoxy) is 1. The van der Waals surface area contributed by atoms with Crippen LogP contribution in [0.5, 0.6) is 0 Å². The number of urea groups is 1. The molecule has 0 aliphatic carbocycles. The molecule has 2 atom stereocenters. The number of benzene rings is 1. The van der Waals surface area contributed by atoms with Crippen LogP contribution in [-0.4, -0.2) is 97.2 Å². The minimum absolute atomic E-state index is 0.0122. The van der Waals surface area contributed by atoms with Gasteiger partial charge in [-0.05, 0) is 64.3 Å². The van der Waals surface area contributed by atoms with Crippen LogP contribution in [0.3, 0.4) is 0 Å². The van der Waals surface area contributed by atoms with Crippen LogP contribution in [0.4, 0.5) is 15.3 Å². The fourth-order valence-corrected chi connectivity index (χ4v) is 4.39. The molecule has 7 N–H and O–H groups in total. The number of nitrogens with two attached hydrogens (primary N) is 2. The van der Waals surface area contributed by atoms with Gasteiger partial charge in [-0.3, -0.25) is 24.1 Å². The van der Waals surface area contributed by atoms with E-state index in [1.54, 1.807) is 45.2 Å². The summed E-state index contributed by atoms with van der Waals surface area (Å²) in [6.45, 7) is 11.2. The molecule has 1 aromatic rings. The van der Waals surface area contributed by atoms with Gasteiger partial charge in [0.05, 0.1) is 12.6 Å². The summed E-state index contributed by atoms with van der Waals surface area (Å²) < 4.78 is 5.44. The molecule has 1 aromatic carbocycles. The molecule has 1 rings (SSSR count). The fourth-order valence-electron chi connectivity index (χ4n) is 4.39. The third kappa shape index (κ3) is 16.4. The Morgan fingerprint density at radius 2 is 1.60 bits per heavy atom. The molecule has 0 saturated heterocycles. The molecular formula is C33H55N7O7. The van der Waals surface area contributed by atoms with Gasteiger partial charge in [-0.2, -0.15) is 0 Å². The Kier molecular flexibility index (Phi) is 17.7. The first-order valence-electron chi connectivity index (χ1n) is 16.0. The number of hydrogen-bond donors (Lipinski definition) is 5. The molecule has 0 aliphatic heterocycles. The van der Waals surface area contributed by atoms with Crippen LogP contribution in [0, 0.1) is 11.8 Å². The molecule has 0 radical (unpaired) electrons. The van der Waals surface area contributed by atoms with Crippen molar-refractivity contribution >= 4 is 41.2 Å². The van der Waals surface area contributed by atoms with E-state index in [4.69, 9.17) is 16.2 Å². The second-order valence-corrected chi connectivity index (χ2v) is 13.1. The van der Waals surface area contributed by atoms with Crippen molar-refractivity contribution in [1.29, 1.82) is 0 Å². The van der Waals surface area contributed by atoms with Gasteiger partial charge >= 0.3 is 12.1 Å². The third-order valence-corrected chi connectivity index (χ3v) is 7.85. The minimum atomic E-state index is -0.852. The zero-order valence-corrected chi connectivity index (χ0v) is 29.0. The van der Waals surface area contributed by atoms with Gasteiger partial charge in [0.25, 0.3) is 0 Å². The van der Waals surface area contributed by atoms with E-state index in [0.29, 0.717) is 25.2 Å². The zero-order valence-electron chi connectivity index (χ0n) is 29.0. The Labute approximate surface area is 278 Å². The number of carbonyl (C=O) groups is 6. The van der Waals surface area contributed by atoms with E-state index < -0.39 is 35.9 Å². The quantitative estimate of drug-likeness (QED) is 0.130. The minimum Gasteiger partial charge on any atom is -0.445 e. The summed E-state index contributed by atoms with van der Waals surface area (Å²) in [5.41, 5.74) is 11.6. The molecule has 0 saturated carbocycles. The van der Waals surface area contributed by atoms with E-state index in [0.717, 1.165) is 5.56 Å². The van der Waals surface area contributed by atoms with Gasteiger partial charge < -0.3 is 37.1 Å². The first-order chi connectivity index (χ1) is 21.9. The number of carbonyl (C=O) groups excluding carboxylic acids is 6. The lowest BCUT2D eigenvalue weighted by Gasteiger charge is -2.33. The number of hydrogen-bond acceptors (Lipinski definition) is 9. The number of rotatable bonds is 20. The normalized spacial score (nSPS) is 12.6. The zero-order chi connectivity index (χ0) is 35.7. The van der Waals surface area contributed by atoms with E-state index in [-0.39, 0.29) is 68.4 Å². The van der Waals surface area contributed by atoms with Crippen molar-refractivity contribution in [1.82, 2.24) is 20.4 Å². The predicted molar refractivity (Wildman–Crippen MR) is 180 cm³/mol. The summed E-state index contributed by atoms with van der Waals surface area (Å²) in [6, 6.07) is 5.27. The van der Waals surface area contributed by atoms with Crippen LogP contribution in [0.25, 0.3) is 0 Å². The van der Waals surface area contributed by atoms with Gasteiger partial charge in [0.15, 0.2) is 5.78 Å². The number of primary amides is 1. The molecule has 0 unspecified atom stereocenters. The number of nitrogens with zero attached hydrogens (tertiary/aromatic N) is 2. The molecular weight excluding hydrogens is 606 g/mol. The van der Waals surface area contributed by atoms with Gasteiger partial charge in [0, 0.05) is 63.1 Å². The highest BCUT2D eigenvalue weighted by atomic mass is 16.6. The summed E-state index contributed by atoms with van der Waals surface area (Å²) in [4.78, 5) is 77.8. The first kappa shape index (κ1) is 41.0. The summed E-state index contributed by atoms with van der Waals surface area (Å²) in [5.74, 6) is -2.46. The maximum Gasteiger partial charge on any atom is 0.409 e. The lowest BCUT2D eigenvalue weighted by atomic mass is 9.89. The van der Waals surface area contributed by atoms with Gasteiger partial charge in [-0.1, -0.05) is 26.0 Å². The number of amides is 5. The Morgan fingerprint density at radius 1 is 0.957 bits per heavy atom. The molecule has 264 valence electrons. The van der Waals surface area contributed by atoms with E-state index in [2.05, 4.69) is 41.6 Å². The number of ketones is 2. The molecule has 5 amide bonds. The summed E-state index contributed by atoms with van der Waals surface area (Å²) in [7, 11) is 3.69. The highest BCUT2D eigenvalue weighted by Gasteiger charge is 2.29. The average molecular weight is 662 g/mol. The van der Waals surface area contributed by atoms with Crippen LogP contribution in [0.15, 0.2) is 24.3 Å². The van der Waals surface area contributed by atoms with Crippen molar-refractivity contribution in [2.45, 2.75) is 84.9 Å². The van der Waals surface area contributed by atoms with Crippen molar-refractivity contribution in [3.05, 3.63) is 29.8 Å². The third-order valence-electron chi connectivity index (χ3n) is 7.85. The average Bonchev–Trinajstić information content (AvgIpc) is 3.00. The molecule has 0 heterocycles. The molecule has 0 spiro atoms. The van der Waals surface area contributed by atoms with Crippen molar-refractivity contribution in [3.63, 3.8) is 0 Å². The number of anilines is 1. The smallest absolute Gasteiger partial charge is 0.409 e. The van der Waals surface area contributed by atoms with Crippen LogP contribution in [-0.2, 0) is 30.5 Å². The second kappa shape index (κ2) is 20.3. The standard InChI is InChI=1S/C33H55N7O7/c1-22(2)29(38-28(43)15-14-26(41)20-34)27(42)19-24(9-8-16-36-31(35)45)30(44)37-25-12-10-23(11-13-25)21-47-32(46)39(6)17-18-40(7)33(3,4)5/h10-13,22,24,29H,8-9,14-21,34H2,1-7H3,(H,37,44)(H,38,43)(H3,35,36,45)/t24-,29+/m1/s1. The maximum atomic E-state index is 13.4. The van der Waals surface area contributed by atoms with E-state index in [1.165, 1.54) is 4.90 Å². The van der Waals surface area contributed by atoms with E-state index in [1.807, 2.05) is 7.05 Å². The van der Waals surface area contributed by atoms with Crippen molar-refractivity contribution < 1.29 is 33.5 Å². The monoisotopic (exact) mass is 661 g/mol. The van der Waals surface area contributed by atoms with E-state index >= 15 is 0 Å². The van der Waals surface area contributed by atoms with Crippen LogP contribution >= 0.6 is 0 Å². The Hall–Kier alpha value is -4.04. The van der Waals surface area contributed by atoms with Gasteiger partial charge in [-0.15, -0.1) is 0 Å². The van der Waals surface area contributed by atoms with Crippen molar-refractivity contribution in [2.24, 2.45) is 23.3 Å². The predicted octanol–water partition coefficient (Wildman–Crippen LogP) is 2.40. The van der Waals surface area contributed by atoms with Crippen LogP contribution < -0.4 is 27.4 Å². The molecule has 0 aromatic heterocycles. The summed E-state index contributed by atoms with van der Waals surface area (Å²) in [5, 5.41) is 8.01. The van der Waals surface area contributed by atoms with E-state index in [9.17, 15) is 28.8 Å². The Morgan fingerprint density at radius 3 is 2.15 bits per heavy atom. The second-order valence-electron chi connectivity index (χ2n) is 13.1. The molecule has 14 nitrogen and oxygen atoms in total. The van der Waals surface area contributed by atoms with Crippen molar-refractivity contribution in [3.8, 4) is 0 Å². The lowest BCUT2D eigenvalue weighted by molar-refractivity contribution is -0.131. The van der Waals surface area contributed by atoms with Gasteiger partial charge in [-0.25, -0.2) is 9.59 Å². The van der Waals surface area contributed by atoms with Crippen LogP contribution in [0.2, 0.25) is 0 Å². The summed E-state index contributed by atoms with van der Waals surface area (Å²) >= 11 is 0. The van der Waals surface area contributed by atoms with Gasteiger partial charge in [0.2, 0.25) is 11.8 Å². The fraction of sp³-hybridized carbons (Fsp3) is 0.636. The number of likely N-dealkylation sites (N-methyl/N-ethyl adjacent to an activating group) is 2. The lowest BCUT2D eigenvalue weighted by Crippen LogP contribution is -2.45. The molecule has 0 fully saturated rings. The number of Topliss-reactive ketones (excluding diaryl/α,β-unsaturated/α-hetero) is 2. The van der Waals surface area contributed by atoms with Crippen molar-refractivity contribution in [2.75, 3.05) is 45.6 Å². The first-order valence-corrected chi connectivity index (χ1v) is 16.0. The molecule has 47 heavy (non-hydrogen) atoms. The Bertz CT molecular complexity index is 1200. The topological polar surface area (TPSA) is 206 Å².